The molecule has 0 amide bonds. The second kappa shape index (κ2) is 8.75. The number of carbonyl (C=O) groups is 1. The van der Waals surface area contributed by atoms with E-state index in [1.165, 1.54) is 17.0 Å². The highest BCUT2D eigenvalue weighted by Crippen LogP contribution is 2.49. The molecule has 3 rings (SSSR count). The van der Waals surface area contributed by atoms with Gasteiger partial charge in [0.25, 0.3) is 5.06 Å². The molecule has 0 saturated heterocycles. The molecule has 1 saturated carbocycles. The van der Waals surface area contributed by atoms with E-state index < -0.39 is 42.0 Å². The number of hydrogen-bond acceptors (Lipinski definition) is 5. The number of aliphatic hydroxyl groups is 1. The van der Waals surface area contributed by atoms with E-state index in [9.17, 15) is 23.8 Å². The van der Waals surface area contributed by atoms with Crippen LogP contribution in [-0.4, -0.2) is 41.4 Å². The molecule has 2 aliphatic rings. The summed E-state index contributed by atoms with van der Waals surface area (Å²) in [6.45, 7) is -4.38. The molecular weight excluding hydrogens is 431 g/mol. The monoisotopic (exact) mass is 449 g/mol. The molecular formula is C19H19Cl2F2NO5. The summed E-state index contributed by atoms with van der Waals surface area (Å²) in [7, 11) is 0. The van der Waals surface area contributed by atoms with E-state index in [2.05, 4.69) is 0 Å². The average Bonchev–Trinajstić information content (AvgIpc) is 3.08. The molecule has 0 spiro atoms. The summed E-state index contributed by atoms with van der Waals surface area (Å²) in [6, 6.07) is 4.76. The van der Waals surface area contributed by atoms with Crippen molar-refractivity contribution in [3.8, 4) is 0 Å². The van der Waals surface area contributed by atoms with E-state index in [0.717, 1.165) is 12.2 Å². The molecule has 0 bridgehead atoms. The molecule has 6 nitrogen and oxygen atoms in total. The van der Waals surface area contributed by atoms with Gasteiger partial charge >= 0.3 is 12.3 Å². The van der Waals surface area contributed by atoms with Crippen LogP contribution < -0.4 is 9.67 Å². The van der Waals surface area contributed by atoms with Crippen LogP contribution in [0.15, 0.2) is 53.4 Å². The molecule has 0 aromatic carbocycles. The van der Waals surface area contributed by atoms with Crippen molar-refractivity contribution in [2.75, 3.05) is 6.61 Å². The zero-order valence-corrected chi connectivity index (χ0v) is 16.7. The molecule has 1 N–H and O–H groups in total. The smallest absolute Gasteiger partial charge is 0.362 e. The van der Waals surface area contributed by atoms with E-state index in [-0.39, 0.29) is 17.0 Å². The Hall–Kier alpha value is -1.42. The van der Waals surface area contributed by atoms with Gasteiger partial charge in [-0.2, -0.15) is 13.3 Å². The Labute approximate surface area is 175 Å². The quantitative estimate of drug-likeness (QED) is 0.506. The minimum absolute atomic E-state index is 0.163. The van der Waals surface area contributed by atoms with Gasteiger partial charge in [0.05, 0.1) is 12.2 Å². The standard InChI is InChI=1S/C19H19Cl2F2NO5/c20-16-8-12(15(27)11-25)10-18(21,28-14-5-4-13(26)9-14)19(16,29-17(22)23)24-6-2-1-3-7-24/h1-3,6-8,10,13-14,17,26H,4-5,9,11H2/t13-,14-,18?,19?/m1/s1. The van der Waals surface area contributed by atoms with Crippen molar-refractivity contribution in [3.63, 3.8) is 0 Å². The summed E-state index contributed by atoms with van der Waals surface area (Å²) in [5.41, 5.74) is -2.42. The molecule has 2 unspecified atom stereocenters. The summed E-state index contributed by atoms with van der Waals surface area (Å²) in [6.07, 6.45) is 4.84. The number of ketones is 1. The van der Waals surface area contributed by atoms with E-state index >= 15 is 0 Å². The van der Waals surface area contributed by atoms with Crippen LogP contribution in [0.1, 0.15) is 19.3 Å². The molecule has 2 aliphatic carbocycles. The van der Waals surface area contributed by atoms with E-state index in [0.29, 0.717) is 12.8 Å². The Kier molecular flexibility index (Phi) is 6.72. The van der Waals surface area contributed by atoms with Gasteiger partial charge in [0, 0.05) is 17.7 Å². The Morgan fingerprint density at radius 1 is 1.34 bits per heavy atom. The van der Waals surface area contributed by atoms with Crippen molar-refractivity contribution in [1.82, 2.24) is 0 Å². The van der Waals surface area contributed by atoms with Crippen molar-refractivity contribution >= 4 is 29.0 Å². The third kappa shape index (κ3) is 4.23. The maximum Gasteiger partial charge on any atom is 0.362 e. The number of carbonyl (C=O) groups excluding carboxylic acids is 1. The van der Waals surface area contributed by atoms with Gasteiger partial charge in [0.15, 0.2) is 12.4 Å². The molecule has 1 fully saturated rings. The van der Waals surface area contributed by atoms with Gasteiger partial charge in [-0.15, -0.1) is 0 Å². The molecule has 1 aromatic heterocycles. The number of aromatic nitrogens is 1. The minimum atomic E-state index is -3.30. The number of pyridine rings is 1. The van der Waals surface area contributed by atoms with E-state index in [4.69, 9.17) is 32.7 Å². The van der Waals surface area contributed by atoms with E-state index in [1.54, 1.807) is 18.2 Å². The summed E-state index contributed by atoms with van der Waals surface area (Å²) in [5.74, 6) is -0.827. The number of hydrogen-bond donors (Lipinski definition) is 1. The van der Waals surface area contributed by atoms with Crippen LogP contribution in [0.3, 0.4) is 0 Å². The molecule has 1 heterocycles. The van der Waals surface area contributed by atoms with Gasteiger partial charge in [-0.25, -0.2) is 4.74 Å². The Balaban J connectivity index is 2.18. The first-order valence-electron chi connectivity index (χ1n) is 8.91. The topological polar surface area (TPSA) is 82.7 Å². The van der Waals surface area contributed by atoms with Crippen molar-refractivity contribution in [2.24, 2.45) is 0 Å². The first kappa shape index (κ1) is 22.3. The highest BCUT2D eigenvalue weighted by Gasteiger charge is 2.67. The summed E-state index contributed by atoms with van der Waals surface area (Å²) >= 11 is 13.1. The largest absolute Gasteiger partial charge is 0.849 e. The first-order chi connectivity index (χ1) is 13.7. The van der Waals surface area contributed by atoms with Crippen LogP contribution >= 0.6 is 23.2 Å². The average molecular weight is 450 g/mol. The van der Waals surface area contributed by atoms with Gasteiger partial charge in [-0.1, -0.05) is 35.9 Å². The summed E-state index contributed by atoms with van der Waals surface area (Å²) in [4.78, 5) is 12.0. The van der Waals surface area contributed by atoms with Gasteiger partial charge < -0.3 is 14.9 Å². The fourth-order valence-electron chi connectivity index (χ4n) is 3.60. The maximum absolute atomic E-state index is 13.6. The first-order valence-corrected chi connectivity index (χ1v) is 9.67. The van der Waals surface area contributed by atoms with Crippen LogP contribution in [0.2, 0.25) is 0 Å². The van der Waals surface area contributed by atoms with Gasteiger partial charge in [-0.05, 0) is 31.4 Å². The SMILES string of the molecule is O=C(C[O-])C1=CC(Cl)(O[C@@H]2CC[C@@H](O)C2)C(OC(F)F)([n+]2ccccc2)C(Cl)=C1. The fourth-order valence-corrected chi connectivity index (χ4v) is 4.53. The van der Waals surface area contributed by atoms with Gasteiger partial charge in [0.1, 0.15) is 10.8 Å². The Morgan fingerprint density at radius 2 is 2.03 bits per heavy atom. The maximum atomic E-state index is 13.6. The zero-order valence-electron chi connectivity index (χ0n) is 15.1. The highest BCUT2D eigenvalue weighted by atomic mass is 35.5. The normalized spacial score (nSPS) is 32.2. The lowest BCUT2D eigenvalue weighted by molar-refractivity contribution is -0.814. The van der Waals surface area contributed by atoms with Crippen molar-refractivity contribution in [2.45, 2.75) is 48.9 Å². The third-order valence-corrected chi connectivity index (χ3v) is 5.72. The predicted molar refractivity (Wildman–Crippen MR) is 96.9 cm³/mol. The summed E-state index contributed by atoms with van der Waals surface area (Å²) < 4.78 is 39.2. The number of halogens is 4. The Bertz CT molecular complexity index is 822. The lowest BCUT2D eigenvalue weighted by atomic mass is 9.92. The number of nitrogens with zero attached hydrogens (tertiary/aromatic N) is 1. The van der Waals surface area contributed by atoms with Gasteiger partial charge in [-0.3, -0.25) is 4.79 Å². The van der Waals surface area contributed by atoms with E-state index in [1.807, 2.05) is 0 Å². The van der Waals surface area contributed by atoms with Crippen molar-refractivity contribution < 1.29 is 37.8 Å². The predicted octanol–water partition coefficient (Wildman–Crippen LogP) is 1.72. The molecule has 10 heteroatoms. The van der Waals surface area contributed by atoms with Crippen molar-refractivity contribution in [3.05, 3.63) is 53.4 Å². The second-order valence-corrected chi connectivity index (χ2v) is 7.79. The lowest BCUT2D eigenvalue weighted by Gasteiger charge is -2.42. The highest BCUT2D eigenvalue weighted by molar-refractivity contribution is 6.34. The molecule has 158 valence electrons. The van der Waals surface area contributed by atoms with Gasteiger partial charge in [0.2, 0.25) is 0 Å². The number of allylic oxidation sites excluding steroid dienone is 1. The van der Waals surface area contributed by atoms with Crippen LogP contribution in [0.25, 0.3) is 0 Å². The number of ether oxygens (including phenoxy) is 2. The number of alkyl halides is 3. The van der Waals surface area contributed by atoms with Crippen LogP contribution in [0.5, 0.6) is 0 Å². The zero-order chi connectivity index (χ0) is 21.2. The molecule has 1 aromatic rings. The second-order valence-electron chi connectivity index (χ2n) is 6.82. The minimum Gasteiger partial charge on any atom is -0.849 e. The number of Topliss-reactive ketones (excluding diaryl/α,β-unsaturated/α-hetero) is 1. The van der Waals surface area contributed by atoms with Crippen LogP contribution in [0.4, 0.5) is 8.78 Å². The Morgan fingerprint density at radius 3 is 2.59 bits per heavy atom. The molecule has 0 aliphatic heterocycles. The van der Waals surface area contributed by atoms with Crippen LogP contribution in [0, 0.1) is 0 Å². The number of rotatable bonds is 7. The molecule has 29 heavy (non-hydrogen) atoms. The molecule has 4 atom stereocenters. The fraction of sp³-hybridized carbons (Fsp3) is 0.474. The summed E-state index contributed by atoms with van der Waals surface area (Å²) in [5, 5.41) is 18.4. The van der Waals surface area contributed by atoms with Crippen LogP contribution in [-0.2, 0) is 20.0 Å². The van der Waals surface area contributed by atoms with Crippen molar-refractivity contribution in [1.29, 1.82) is 0 Å². The third-order valence-electron chi connectivity index (χ3n) is 4.90. The molecule has 0 radical (unpaired) electrons. The lowest BCUT2D eigenvalue weighted by Crippen LogP contribution is -2.70. The number of aliphatic hydroxyl groups excluding tert-OH is 1.